The molecule has 0 radical (unpaired) electrons. The Morgan fingerprint density at radius 1 is 0.738 bits per heavy atom. The normalized spacial score (nSPS) is 12.5. The fourth-order valence-electron chi connectivity index (χ4n) is 4.10. The predicted octanol–water partition coefficient (Wildman–Crippen LogP) is 4.59. The van der Waals surface area contributed by atoms with Crippen molar-refractivity contribution >= 4 is 18.3 Å². The topological polar surface area (TPSA) is 147 Å². The third-order valence-electron chi connectivity index (χ3n) is 6.11. The van der Waals surface area contributed by atoms with Crippen LogP contribution in [-0.4, -0.2) is 60.9 Å². The van der Waals surface area contributed by atoms with Crippen molar-refractivity contribution in [3.05, 3.63) is 71.8 Å². The summed E-state index contributed by atoms with van der Waals surface area (Å²) < 4.78 is 15.9. The van der Waals surface area contributed by atoms with Gasteiger partial charge in [0.25, 0.3) is 0 Å². The average molecular weight is 587 g/mol. The third-order valence-corrected chi connectivity index (χ3v) is 6.11. The van der Waals surface area contributed by atoms with E-state index in [1.165, 1.54) is 0 Å². The first-order valence-electron chi connectivity index (χ1n) is 14.4. The second-order valence-corrected chi connectivity index (χ2v) is 10.9. The molecule has 2 unspecified atom stereocenters. The van der Waals surface area contributed by atoms with Crippen LogP contribution in [0.3, 0.4) is 0 Å². The van der Waals surface area contributed by atoms with Gasteiger partial charge in [-0.3, -0.25) is 5.32 Å². The maximum absolute atomic E-state index is 12.6. The smallest absolute Gasteiger partial charge is 0.407 e. The zero-order valence-corrected chi connectivity index (χ0v) is 24.9. The van der Waals surface area contributed by atoms with E-state index in [1.54, 1.807) is 20.8 Å². The van der Waals surface area contributed by atoms with E-state index in [1.807, 2.05) is 60.7 Å². The summed E-state index contributed by atoms with van der Waals surface area (Å²) in [5, 5.41) is 21.0. The molecular weight excluding hydrogens is 540 g/mol. The lowest BCUT2D eigenvalue weighted by atomic mass is 9.99. The number of hydrogen-bond donors (Lipinski definition) is 5. The zero-order chi connectivity index (χ0) is 30.6. The molecule has 5 N–H and O–H groups in total. The molecule has 0 saturated heterocycles. The number of amides is 3. The van der Waals surface area contributed by atoms with Gasteiger partial charge in [-0.15, -0.1) is 0 Å². The van der Waals surface area contributed by atoms with Crippen LogP contribution >= 0.6 is 0 Å². The van der Waals surface area contributed by atoms with Crippen LogP contribution in [0, 0.1) is 0 Å². The van der Waals surface area contributed by atoms with Gasteiger partial charge in [0, 0.05) is 25.2 Å². The van der Waals surface area contributed by atoms with Gasteiger partial charge in [-0.25, -0.2) is 14.4 Å². The number of ether oxygens (including phenoxy) is 3. The molecule has 11 nitrogen and oxygen atoms in total. The summed E-state index contributed by atoms with van der Waals surface area (Å²) in [5.41, 5.74) is 1.20. The lowest BCUT2D eigenvalue weighted by molar-refractivity contribution is 0.0526. The lowest BCUT2D eigenvalue weighted by Crippen LogP contribution is -2.43. The number of hydrogen-bond acceptors (Lipinski definition) is 8. The Bertz CT molecular complexity index is 1050. The number of carbonyl (C=O) groups is 3. The van der Waals surface area contributed by atoms with Crippen molar-refractivity contribution in [1.82, 2.24) is 21.3 Å². The molecule has 0 heterocycles. The number of unbranched alkanes of at least 4 members (excludes halogenated alkanes) is 1. The van der Waals surface area contributed by atoms with Gasteiger partial charge in [-0.1, -0.05) is 60.7 Å². The second-order valence-electron chi connectivity index (χ2n) is 10.9. The van der Waals surface area contributed by atoms with Crippen LogP contribution in [0.4, 0.5) is 14.4 Å². The Hall–Kier alpha value is -3.83. The Kier molecular flexibility index (Phi) is 15.8. The summed E-state index contributed by atoms with van der Waals surface area (Å²) in [6.07, 6.45) is 1.47. The van der Waals surface area contributed by atoms with Gasteiger partial charge in [-0.05, 0) is 64.0 Å². The number of nitrogens with one attached hydrogen (secondary N) is 4. The largest absolute Gasteiger partial charge is 0.445 e. The number of aliphatic hydroxyl groups excluding tert-OH is 1. The van der Waals surface area contributed by atoms with E-state index in [4.69, 9.17) is 14.2 Å². The van der Waals surface area contributed by atoms with Crippen molar-refractivity contribution in [1.29, 1.82) is 0 Å². The minimum absolute atomic E-state index is 0.145. The minimum Gasteiger partial charge on any atom is -0.445 e. The van der Waals surface area contributed by atoms with Gasteiger partial charge in [0.15, 0.2) is 0 Å². The summed E-state index contributed by atoms with van der Waals surface area (Å²) in [5.74, 6) is 0. The Morgan fingerprint density at radius 2 is 1.31 bits per heavy atom. The number of benzene rings is 2. The van der Waals surface area contributed by atoms with Crippen LogP contribution in [0.5, 0.6) is 0 Å². The van der Waals surface area contributed by atoms with Gasteiger partial charge < -0.3 is 35.3 Å². The van der Waals surface area contributed by atoms with Crippen LogP contribution in [0.1, 0.15) is 64.0 Å². The van der Waals surface area contributed by atoms with E-state index < -0.39 is 23.9 Å². The van der Waals surface area contributed by atoms with Crippen molar-refractivity contribution in [2.24, 2.45) is 0 Å². The van der Waals surface area contributed by atoms with Gasteiger partial charge in [-0.2, -0.15) is 0 Å². The predicted molar refractivity (Wildman–Crippen MR) is 160 cm³/mol. The quantitative estimate of drug-likeness (QED) is 0.103. The highest BCUT2D eigenvalue weighted by Crippen LogP contribution is 2.12. The summed E-state index contributed by atoms with van der Waals surface area (Å²) in [4.78, 5) is 36.6. The summed E-state index contributed by atoms with van der Waals surface area (Å²) >= 11 is 0. The highest BCUT2D eigenvalue weighted by molar-refractivity contribution is 5.68. The first-order valence-corrected chi connectivity index (χ1v) is 14.4. The van der Waals surface area contributed by atoms with Crippen molar-refractivity contribution < 1.29 is 33.7 Å². The summed E-state index contributed by atoms with van der Waals surface area (Å²) in [6.45, 7) is 6.23. The fraction of sp³-hybridized carbons (Fsp3) is 0.516. The molecule has 0 aliphatic heterocycles. The van der Waals surface area contributed by atoms with E-state index >= 15 is 0 Å². The molecule has 0 spiro atoms. The zero-order valence-electron chi connectivity index (χ0n) is 24.9. The molecule has 2 rings (SSSR count). The molecule has 0 aliphatic carbocycles. The summed E-state index contributed by atoms with van der Waals surface area (Å²) in [6, 6.07) is 18.3. The van der Waals surface area contributed by atoms with E-state index in [0.29, 0.717) is 38.8 Å². The molecule has 0 aliphatic rings. The standard InChI is InChI=1S/C31H46N4O7/c1-31(2,3)42-29(38)32-18-11-10-16-27(35-30(39)41-22-25-14-8-5-9-15-25)20-26(34-23-36)17-19-33-28(37)40-21-24-12-6-4-7-13-24/h4-9,12-15,26-27,34,36H,10-11,16-23H2,1-3H3,(H,32,38)(H,33,37)(H,35,39). The number of rotatable bonds is 17. The first kappa shape index (κ1) is 34.4. The van der Waals surface area contributed by atoms with Crippen LogP contribution in [-0.2, 0) is 27.4 Å². The van der Waals surface area contributed by atoms with Gasteiger partial charge in [0.1, 0.15) is 18.8 Å². The first-order chi connectivity index (χ1) is 20.1. The molecule has 2 aromatic carbocycles. The fourth-order valence-corrected chi connectivity index (χ4v) is 4.10. The van der Waals surface area contributed by atoms with Crippen molar-refractivity contribution in [3.8, 4) is 0 Å². The van der Waals surface area contributed by atoms with Crippen LogP contribution < -0.4 is 21.3 Å². The van der Waals surface area contributed by atoms with E-state index in [0.717, 1.165) is 17.5 Å². The van der Waals surface area contributed by atoms with Crippen molar-refractivity contribution in [2.45, 2.75) is 83.8 Å². The molecule has 3 amide bonds. The lowest BCUT2D eigenvalue weighted by Gasteiger charge is -2.25. The van der Waals surface area contributed by atoms with E-state index in [-0.39, 0.29) is 32.0 Å². The molecule has 2 atom stereocenters. The van der Waals surface area contributed by atoms with Gasteiger partial charge >= 0.3 is 18.3 Å². The van der Waals surface area contributed by atoms with E-state index in [9.17, 15) is 19.5 Å². The van der Waals surface area contributed by atoms with Crippen LogP contribution in [0.2, 0.25) is 0 Å². The van der Waals surface area contributed by atoms with Crippen molar-refractivity contribution in [3.63, 3.8) is 0 Å². The minimum atomic E-state index is -0.568. The SMILES string of the molecule is CC(C)(C)OC(=O)NCCCCC(CC(CCNC(=O)OCc1ccccc1)NCO)NC(=O)OCc1ccccc1. The molecule has 2 aromatic rings. The molecule has 232 valence electrons. The highest BCUT2D eigenvalue weighted by atomic mass is 16.6. The maximum Gasteiger partial charge on any atom is 0.407 e. The number of alkyl carbamates (subject to hydrolysis) is 3. The molecule has 0 aromatic heterocycles. The summed E-state index contributed by atoms with van der Waals surface area (Å²) in [7, 11) is 0. The number of carbonyl (C=O) groups excluding carboxylic acids is 3. The molecular formula is C31H46N4O7. The van der Waals surface area contributed by atoms with Gasteiger partial charge in [0.2, 0.25) is 0 Å². The molecule has 0 fully saturated rings. The maximum atomic E-state index is 12.6. The highest BCUT2D eigenvalue weighted by Gasteiger charge is 2.20. The molecule has 42 heavy (non-hydrogen) atoms. The Balaban J connectivity index is 1.85. The van der Waals surface area contributed by atoms with Crippen LogP contribution in [0.15, 0.2) is 60.7 Å². The second kappa shape index (κ2) is 19.3. The monoisotopic (exact) mass is 586 g/mol. The molecule has 0 saturated carbocycles. The molecule has 0 bridgehead atoms. The third kappa shape index (κ3) is 16.4. The molecule has 11 heteroatoms. The number of aliphatic hydroxyl groups is 1. The Labute approximate surface area is 248 Å². The van der Waals surface area contributed by atoms with E-state index in [2.05, 4.69) is 21.3 Å². The van der Waals surface area contributed by atoms with Crippen LogP contribution in [0.25, 0.3) is 0 Å². The average Bonchev–Trinajstić information content (AvgIpc) is 2.95. The van der Waals surface area contributed by atoms with Gasteiger partial charge in [0.05, 0.1) is 6.73 Å². The van der Waals surface area contributed by atoms with Crippen molar-refractivity contribution in [2.75, 3.05) is 19.8 Å². The Morgan fingerprint density at radius 3 is 1.88 bits per heavy atom.